The van der Waals surface area contributed by atoms with E-state index >= 15 is 0 Å². The maximum absolute atomic E-state index is 12.0. The van der Waals surface area contributed by atoms with Gasteiger partial charge in [-0.2, -0.15) is 0 Å². The summed E-state index contributed by atoms with van der Waals surface area (Å²) < 4.78 is 5.72. The first-order valence-corrected chi connectivity index (χ1v) is 13.3. The zero-order valence-corrected chi connectivity index (χ0v) is 23.6. The highest BCUT2D eigenvalue weighted by Gasteiger charge is 2.31. The Bertz CT molecular complexity index is 1070. The molecule has 2 rings (SSSR count). The van der Waals surface area contributed by atoms with Gasteiger partial charge in [0.05, 0.1) is 12.5 Å². The summed E-state index contributed by atoms with van der Waals surface area (Å²) in [6.45, 7) is 14.7. The Morgan fingerprint density at radius 3 is 2.08 bits per heavy atom. The summed E-state index contributed by atoms with van der Waals surface area (Å²) in [6, 6.07) is 12.9. The molecule has 204 valence electrons. The lowest BCUT2D eigenvalue weighted by Crippen LogP contribution is -2.30. The van der Waals surface area contributed by atoms with Crippen LogP contribution in [0.3, 0.4) is 0 Å². The summed E-state index contributed by atoms with van der Waals surface area (Å²) in [7, 11) is 0. The van der Waals surface area contributed by atoms with E-state index in [-0.39, 0.29) is 42.4 Å². The Morgan fingerprint density at radius 1 is 0.973 bits per heavy atom. The molecule has 2 aromatic carbocycles. The Balaban J connectivity index is 2.20. The summed E-state index contributed by atoms with van der Waals surface area (Å²) in [5.41, 5.74) is 5.69. The molecule has 0 aliphatic carbocycles. The van der Waals surface area contributed by atoms with Crippen LogP contribution in [0, 0.1) is 19.3 Å². The van der Waals surface area contributed by atoms with Gasteiger partial charge in [-0.15, -0.1) is 0 Å². The Labute approximate surface area is 222 Å². The fourth-order valence-electron chi connectivity index (χ4n) is 4.84. The van der Waals surface area contributed by atoms with Gasteiger partial charge >= 0.3 is 5.97 Å². The van der Waals surface area contributed by atoms with Crippen LogP contribution >= 0.6 is 0 Å². The molecule has 1 atom stereocenters. The number of hydrogen-bond acceptors (Lipinski definition) is 4. The van der Waals surface area contributed by atoms with Crippen molar-refractivity contribution in [3.05, 3.63) is 64.2 Å². The summed E-state index contributed by atoms with van der Waals surface area (Å²) in [5.74, 6) is -0.652. The zero-order chi connectivity index (χ0) is 27.8. The molecule has 1 amide bonds. The first-order chi connectivity index (χ1) is 17.3. The third kappa shape index (κ3) is 8.06. The number of carboxylic acids is 1. The predicted molar refractivity (Wildman–Crippen MR) is 148 cm³/mol. The van der Waals surface area contributed by atoms with E-state index in [0.717, 1.165) is 31.2 Å². The predicted octanol–water partition coefficient (Wildman–Crippen LogP) is 5.72. The second kappa shape index (κ2) is 13.1. The van der Waals surface area contributed by atoms with E-state index in [1.807, 2.05) is 13.0 Å². The third-order valence-electron chi connectivity index (χ3n) is 7.54. The highest BCUT2D eigenvalue weighted by atomic mass is 16.5. The number of carbonyl (C=O) groups is 2. The van der Waals surface area contributed by atoms with Crippen LogP contribution in [0.4, 0.5) is 0 Å². The third-order valence-corrected chi connectivity index (χ3v) is 7.54. The van der Waals surface area contributed by atoms with Crippen LogP contribution in [0.15, 0.2) is 36.4 Å². The van der Waals surface area contributed by atoms with Crippen LogP contribution in [0.2, 0.25) is 0 Å². The molecule has 6 nitrogen and oxygen atoms in total. The van der Waals surface area contributed by atoms with Crippen molar-refractivity contribution in [2.24, 2.45) is 5.41 Å². The lowest BCUT2D eigenvalue weighted by atomic mass is 9.69. The molecule has 0 saturated heterocycles. The molecule has 0 spiro atoms. The molecule has 0 heterocycles. The van der Waals surface area contributed by atoms with Crippen molar-refractivity contribution in [1.29, 1.82) is 0 Å². The highest BCUT2D eigenvalue weighted by molar-refractivity contribution is 5.78. The number of aliphatic hydroxyl groups excluding tert-OH is 1. The number of hydrogen-bond donors (Lipinski definition) is 3. The normalized spacial score (nSPS) is 12.8. The van der Waals surface area contributed by atoms with Gasteiger partial charge in [0.2, 0.25) is 0 Å². The number of rotatable bonds is 13. The van der Waals surface area contributed by atoms with Crippen LogP contribution in [-0.4, -0.2) is 41.3 Å². The van der Waals surface area contributed by atoms with Crippen molar-refractivity contribution in [1.82, 2.24) is 5.32 Å². The second-order valence-corrected chi connectivity index (χ2v) is 11.1. The average Bonchev–Trinajstić information content (AvgIpc) is 2.83. The fraction of sp³-hybridized carbons (Fsp3) is 0.548. The molecule has 37 heavy (non-hydrogen) atoms. The molecule has 0 radical (unpaired) electrons. The molecule has 6 heteroatoms. The number of aryl methyl sites for hydroxylation is 3. The van der Waals surface area contributed by atoms with Gasteiger partial charge in [0.1, 0.15) is 5.75 Å². The zero-order valence-electron chi connectivity index (χ0n) is 23.6. The van der Waals surface area contributed by atoms with E-state index in [2.05, 4.69) is 77.2 Å². The van der Waals surface area contributed by atoms with Crippen molar-refractivity contribution in [3.63, 3.8) is 0 Å². The number of aliphatic hydroxyl groups is 1. The van der Waals surface area contributed by atoms with Gasteiger partial charge in [0, 0.05) is 12.0 Å². The summed E-state index contributed by atoms with van der Waals surface area (Å²) in [4.78, 5) is 22.6. The number of carbonyl (C=O) groups excluding carboxylic acids is 1. The number of nitrogens with one attached hydrogen (secondary N) is 1. The number of benzene rings is 2. The van der Waals surface area contributed by atoms with E-state index in [9.17, 15) is 14.7 Å². The minimum atomic E-state index is -0.952. The Kier molecular flexibility index (Phi) is 10.7. The minimum Gasteiger partial charge on any atom is -0.484 e. The topological polar surface area (TPSA) is 95.9 Å². The average molecular weight is 512 g/mol. The SMILES string of the molecule is CCC(CC)(c1ccc(CCC(O)C(C)(C)C)c(C)c1)c1ccc(OCC(=O)NCCC(=O)O)c(C)c1. The summed E-state index contributed by atoms with van der Waals surface area (Å²) in [5, 5.41) is 21.7. The van der Waals surface area contributed by atoms with Gasteiger partial charge in [0.25, 0.3) is 5.91 Å². The smallest absolute Gasteiger partial charge is 0.305 e. The van der Waals surface area contributed by atoms with Crippen LogP contribution in [0.1, 0.15) is 88.1 Å². The molecule has 0 aliphatic rings. The lowest BCUT2D eigenvalue weighted by Gasteiger charge is -2.34. The maximum atomic E-state index is 12.0. The molecule has 0 aliphatic heterocycles. The quantitative estimate of drug-likeness (QED) is 0.320. The number of aliphatic carboxylic acids is 1. The first kappa shape index (κ1) is 30.4. The molecule has 0 fully saturated rings. The van der Waals surface area contributed by atoms with Gasteiger partial charge in [-0.25, -0.2) is 0 Å². The van der Waals surface area contributed by atoms with E-state index in [1.165, 1.54) is 22.3 Å². The monoisotopic (exact) mass is 511 g/mol. The Morgan fingerprint density at radius 2 is 1.57 bits per heavy atom. The standard InChI is InChI=1S/C31H45NO5/c1-8-31(9-2,24-12-10-23(21(3)18-24)11-15-27(33)30(5,6)7)25-13-14-26(22(4)19-25)37-20-28(34)32-17-16-29(35)36/h10,12-14,18-19,27,33H,8-9,11,15-17,20H2,1-7H3,(H,32,34)(H,35,36). The maximum Gasteiger partial charge on any atom is 0.305 e. The Hall–Kier alpha value is -2.86. The van der Waals surface area contributed by atoms with E-state index in [0.29, 0.717) is 5.75 Å². The van der Waals surface area contributed by atoms with Crippen LogP contribution < -0.4 is 10.1 Å². The fourth-order valence-corrected chi connectivity index (χ4v) is 4.84. The van der Waals surface area contributed by atoms with E-state index < -0.39 is 5.97 Å². The molecule has 0 aromatic heterocycles. The van der Waals surface area contributed by atoms with Crippen LogP contribution in [-0.2, 0) is 21.4 Å². The van der Waals surface area contributed by atoms with Gasteiger partial charge in [-0.3, -0.25) is 9.59 Å². The second-order valence-electron chi connectivity index (χ2n) is 11.1. The van der Waals surface area contributed by atoms with Crippen LogP contribution in [0.5, 0.6) is 5.75 Å². The lowest BCUT2D eigenvalue weighted by molar-refractivity contribution is -0.137. The molecule has 3 N–H and O–H groups in total. The number of carboxylic acid groups (broad SMARTS) is 1. The van der Waals surface area contributed by atoms with Crippen molar-refractivity contribution >= 4 is 11.9 Å². The van der Waals surface area contributed by atoms with Crippen molar-refractivity contribution in [2.75, 3.05) is 13.2 Å². The molecular weight excluding hydrogens is 466 g/mol. The van der Waals surface area contributed by atoms with Crippen molar-refractivity contribution in [3.8, 4) is 5.75 Å². The summed E-state index contributed by atoms with van der Waals surface area (Å²) in [6.07, 6.45) is 3.03. The molecule has 0 saturated carbocycles. The van der Waals surface area contributed by atoms with Gasteiger partial charge in [-0.1, -0.05) is 65.0 Å². The molecule has 2 aromatic rings. The van der Waals surface area contributed by atoms with E-state index in [1.54, 1.807) is 0 Å². The molecule has 0 bridgehead atoms. The van der Waals surface area contributed by atoms with Gasteiger partial charge in [0.15, 0.2) is 6.61 Å². The number of ether oxygens (including phenoxy) is 1. The van der Waals surface area contributed by atoms with E-state index in [4.69, 9.17) is 9.84 Å². The largest absolute Gasteiger partial charge is 0.484 e. The minimum absolute atomic E-state index is 0.0837. The summed E-state index contributed by atoms with van der Waals surface area (Å²) >= 11 is 0. The first-order valence-electron chi connectivity index (χ1n) is 13.3. The highest BCUT2D eigenvalue weighted by Crippen LogP contribution is 2.41. The van der Waals surface area contributed by atoms with Gasteiger partial charge in [-0.05, 0) is 78.8 Å². The van der Waals surface area contributed by atoms with Crippen LogP contribution in [0.25, 0.3) is 0 Å². The molecular formula is C31H45NO5. The van der Waals surface area contributed by atoms with Gasteiger partial charge < -0.3 is 20.3 Å². The van der Waals surface area contributed by atoms with Crippen molar-refractivity contribution < 1.29 is 24.5 Å². The number of amides is 1. The van der Waals surface area contributed by atoms with Crippen molar-refractivity contribution in [2.45, 2.75) is 92.1 Å². The molecule has 1 unspecified atom stereocenters.